The van der Waals surface area contributed by atoms with Gasteiger partial charge in [-0.05, 0) is 20.8 Å². The maximum absolute atomic E-state index is 11.2. The number of ketones is 1. The van der Waals surface area contributed by atoms with E-state index in [1.807, 2.05) is 0 Å². The fraction of sp³-hybridized carbons (Fsp3) is 0.333. The first-order valence-corrected chi connectivity index (χ1v) is 3.64. The van der Waals surface area contributed by atoms with Gasteiger partial charge in [-0.1, -0.05) is 0 Å². The van der Waals surface area contributed by atoms with E-state index in [0.717, 1.165) is 0 Å². The Kier molecular flexibility index (Phi) is 2.13. The van der Waals surface area contributed by atoms with Crippen molar-refractivity contribution in [3.8, 4) is 0 Å². The van der Waals surface area contributed by atoms with Gasteiger partial charge in [-0.25, -0.2) is 0 Å². The zero-order valence-electron chi connectivity index (χ0n) is 7.30. The summed E-state index contributed by atoms with van der Waals surface area (Å²) in [5.41, 5.74) is -0.107. The monoisotopic (exact) mass is 166 g/mol. The van der Waals surface area contributed by atoms with E-state index in [1.54, 1.807) is 13.8 Å². The van der Waals surface area contributed by atoms with Crippen LogP contribution in [0.2, 0.25) is 0 Å². The smallest absolute Gasteiger partial charge is 0.196 e. The Morgan fingerprint density at radius 1 is 1.42 bits per heavy atom. The normalized spacial score (nSPS) is 9.92. The van der Waals surface area contributed by atoms with Crippen molar-refractivity contribution < 1.29 is 9.21 Å². The molecule has 3 nitrogen and oxygen atoms in total. The molecular formula is C9H10O3. The van der Waals surface area contributed by atoms with Crippen LogP contribution in [0, 0.1) is 13.8 Å². The van der Waals surface area contributed by atoms with Gasteiger partial charge < -0.3 is 4.42 Å². The van der Waals surface area contributed by atoms with E-state index < -0.39 is 0 Å². The molecule has 0 saturated carbocycles. The summed E-state index contributed by atoms with van der Waals surface area (Å²) in [6.45, 7) is 4.65. The van der Waals surface area contributed by atoms with Gasteiger partial charge in [0, 0.05) is 6.07 Å². The third-order valence-corrected chi connectivity index (χ3v) is 1.60. The van der Waals surface area contributed by atoms with Gasteiger partial charge >= 0.3 is 0 Å². The number of hydrogen-bond donors (Lipinski definition) is 0. The molecular weight excluding hydrogens is 156 g/mol. The minimum atomic E-state index is -0.260. The van der Waals surface area contributed by atoms with Crippen molar-refractivity contribution in [3.63, 3.8) is 0 Å². The van der Waals surface area contributed by atoms with E-state index in [-0.39, 0.29) is 16.8 Å². The molecule has 12 heavy (non-hydrogen) atoms. The molecule has 0 N–H and O–H groups in total. The summed E-state index contributed by atoms with van der Waals surface area (Å²) in [4.78, 5) is 22.2. The molecule has 0 saturated heterocycles. The molecule has 0 spiro atoms. The molecule has 1 rings (SSSR count). The molecule has 0 aromatic carbocycles. The highest BCUT2D eigenvalue weighted by Gasteiger charge is 2.10. The van der Waals surface area contributed by atoms with Crippen LogP contribution in [0.5, 0.6) is 0 Å². The fourth-order valence-electron chi connectivity index (χ4n) is 1.17. The van der Waals surface area contributed by atoms with Gasteiger partial charge in [-0.2, -0.15) is 0 Å². The second-order valence-corrected chi connectivity index (χ2v) is 2.71. The summed E-state index contributed by atoms with van der Waals surface area (Å²) < 4.78 is 5.13. The van der Waals surface area contributed by atoms with Crippen molar-refractivity contribution in [1.29, 1.82) is 0 Å². The van der Waals surface area contributed by atoms with Crippen molar-refractivity contribution in [3.05, 3.63) is 33.4 Å². The molecule has 0 radical (unpaired) electrons. The number of hydrogen-bond acceptors (Lipinski definition) is 3. The molecule has 0 aliphatic rings. The highest BCUT2D eigenvalue weighted by molar-refractivity contribution is 5.94. The molecule has 0 aliphatic heterocycles. The molecule has 0 atom stereocenters. The molecule has 0 unspecified atom stereocenters. The molecule has 3 heteroatoms. The highest BCUT2D eigenvalue weighted by Crippen LogP contribution is 2.05. The second-order valence-electron chi connectivity index (χ2n) is 2.71. The van der Waals surface area contributed by atoms with E-state index in [4.69, 9.17) is 4.42 Å². The first-order valence-electron chi connectivity index (χ1n) is 3.64. The average molecular weight is 166 g/mol. The maximum atomic E-state index is 11.2. The maximum Gasteiger partial charge on any atom is 0.196 e. The van der Waals surface area contributed by atoms with Crippen molar-refractivity contribution in [1.82, 2.24) is 0 Å². The van der Waals surface area contributed by atoms with Gasteiger partial charge in [0.15, 0.2) is 11.2 Å². The van der Waals surface area contributed by atoms with Gasteiger partial charge in [0.25, 0.3) is 0 Å². The zero-order valence-corrected chi connectivity index (χ0v) is 7.30. The topological polar surface area (TPSA) is 47.3 Å². The van der Waals surface area contributed by atoms with Crippen LogP contribution in [-0.4, -0.2) is 5.78 Å². The Morgan fingerprint density at radius 2 is 2.00 bits per heavy atom. The summed E-state index contributed by atoms with van der Waals surface area (Å²) in [6, 6.07) is 1.32. The highest BCUT2D eigenvalue weighted by atomic mass is 16.3. The van der Waals surface area contributed by atoms with Crippen LogP contribution >= 0.6 is 0 Å². The molecule has 1 aromatic rings. The Morgan fingerprint density at radius 3 is 2.42 bits per heavy atom. The Bertz CT molecular complexity index is 374. The molecule has 1 aromatic heterocycles. The number of aryl methyl sites for hydroxylation is 2. The lowest BCUT2D eigenvalue weighted by Gasteiger charge is -1.99. The first-order chi connectivity index (χ1) is 5.52. The van der Waals surface area contributed by atoms with Gasteiger partial charge in [0.05, 0.1) is 0 Å². The number of Topliss-reactive ketones (excluding diaryl/α,β-unsaturated/α-hetero) is 1. The molecule has 0 bridgehead atoms. The van der Waals surface area contributed by atoms with Crippen LogP contribution < -0.4 is 5.43 Å². The van der Waals surface area contributed by atoms with Gasteiger partial charge in [-0.3, -0.25) is 9.59 Å². The fourth-order valence-corrected chi connectivity index (χ4v) is 1.17. The van der Waals surface area contributed by atoms with Gasteiger partial charge in [0.2, 0.25) is 0 Å². The molecule has 64 valence electrons. The predicted octanol–water partition coefficient (Wildman–Crippen LogP) is 1.46. The largest absolute Gasteiger partial charge is 0.466 e. The van der Waals surface area contributed by atoms with Gasteiger partial charge in [-0.15, -0.1) is 0 Å². The number of rotatable bonds is 1. The van der Waals surface area contributed by atoms with Crippen molar-refractivity contribution in [2.45, 2.75) is 20.8 Å². The van der Waals surface area contributed by atoms with Crippen LogP contribution in [0.15, 0.2) is 15.3 Å². The molecule has 0 fully saturated rings. The first kappa shape index (κ1) is 8.71. The molecule has 1 heterocycles. The quantitative estimate of drug-likeness (QED) is 0.593. The van der Waals surface area contributed by atoms with Crippen LogP contribution in [0.4, 0.5) is 0 Å². The summed E-state index contributed by atoms with van der Waals surface area (Å²) in [5.74, 6) is 0.677. The lowest BCUT2D eigenvalue weighted by atomic mass is 10.1. The SMILES string of the molecule is CC(=O)c1c(C)oc(C)cc1=O. The second kappa shape index (κ2) is 2.93. The van der Waals surface area contributed by atoms with Crippen molar-refractivity contribution in [2.24, 2.45) is 0 Å². The van der Waals surface area contributed by atoms with Crippen molar-refractivity contribution >= 4 is 5.78 Å². The lowest BCUT2D eigenvalue weighted by molar-refractivity contribution is 0.101. The minimum Gasteiger partial charge on any atom is -0.466 e. The van der Waals surface area contributed by atoms with Crippen LogP contribution in [0.25, 0.3) is 0 Å². The molecule has 0 aliphatic carbocycles. The van der Waals surface area contributed by atoms with E-state index in [0.29, 0.717) is 11.5 Å². The summed E-state index contributed by atoms with van der Waals surface area (Å²) in [7, 11) is 0. The lowest BCUT2D eigenvalue weighted by Crippen LogP contribution is -2.14. The van der Waals surface area contributed by atoms with E-state index in [9.17, 15) is 9.59 Å². The van der Waals surface area contributed by atoms with E-state index in [2.05, 4.69) is 0 Å². The minimum absolute atomic E-state index is 0.153. The third kappa shape index (κ3) is 1.44. The Labute approximate surface area is 70.0 Å². The summed E-state index contributed by atoms with van der Waals surface area (Å²) in [5, 5.41) is 0. The van der Waals surface area contributed by atoms with Crippen LogP contribution in [-0.2, 0) is 0 Å². The Hall–Kier alpha value is -1.38. The number of carbonyl (C=O) groups is 1. The molecule has 0 amide bonds. The van der Waals surface area contributed by atoms with Gasteiger partial charge in [0.1, 0.15) is 17.1 Å². The van der Waals surface area contributed by atoms with Crippen LogP contribution in [0.1, 0.15) is 28.8 Å². The standard InChI is InChI=1S/C9H10O3/c1-5-4-8(11)9(6(2)10)7(3)12-5/h4H,1-3H3. The van der Waals surface area contributed by atoms with Crippen LogP contribution in [0.3, 0.4) is 0 Å². The Balaban J connectivity index is 3.49. The summed E-state index contributed by atoms with van der Waals surface area (Å²) in [6.07, 6.45) is 0. The average Bonchev–Trinajstić information content (AvgIpc) is 1.82. The summed E-state index contributed by atoms with van der Waals surface area (Å²) >= 11 is 0. The van der Waals surface area contributed by atoms with Crippen molar-refractivity contribution in [2.75, 3.05) is 0 Å². The van der Waals surface area contributed by atoms with E-state index in [1.165, 1.54) is 13.0 Å². The zero-order chi connectivity index (χ0) is 9.30. The predicted molar refractivity (Wildman–Crippen MR) is 44.5 cm³/mol. The van der Waals surface area contributed by atoms with E-state index >= 15 is 0 Å². The number of carbonyl (C=O) groups excluding carboxylic acids is 1. The third-order valence-electron chi connectivity index (χ3n) is 1.60.